The van der Waals surface area contributed by atoms with Gasteiger partial charge >= 0.3 is 0 Å². The molecular weight excluding hydrogens is 156 g/mol. The van der Waals surface area contributed by atoms with Crippen molar-refractivity contribution in [3.63, 3.8) is 0 Å². The van der Waals surface area contributed by atoms with E-state index in [1.807, 2.05) is 0 Å². The molecule has 0 saturated heterocycles. The number of rotatable bonds is 0. The van der Waals surface area contributed by atoms with E-state index in [1.54, 1.807) is 11.1 Å². The molecule has 0 bridgehead atoms. The predicted octanol–water partition coefficient (Wildman–Crippen LogP) is 3.74. The van der Waals surface area contributed by atoms with Crippen molar-refractivity contribution >= 4 is 0 Å². The van der Waals surface area contributed by atoms with Gasteiger partial charge in [-0.1, -0.05) is 24.6 Å². The van der Waals surface area contributed by atoms with Crippen LogP contribution in [0.3, 0.4) is 0 Å². The van der Waals surface area contributed by atoms with E-state index < -0.39 is 0 Å². The third-order valence-corrected chi connectivity index (χ3v) is 3.25. The molecule has 1 unspecified atom stereocenters. The first-order valence-corrected chi connectivity index (χ1v) is 5.28. The van der Waals surface area contributed by atoms with Gasteiger partial charge < -0.3 is 0 Å². The van der Waals surface area contributed by atoms with Gasteiger partial charge in [-0.15, -0.1) is 0 Å². The molecule has 0 aliphatic heterocycles. The summed E-state index contributed by atoms with van der Waals surface area (Å²) >= 11 is 0. The van der Waals surface area contributed by atoms with Crippen molar-refractivity contribution in [1.82, 2.24) is 0 Å². The highest BCUT2D eigenvalue weighted by molar-refractivity contribution is 5.41. The molecule has 0 spiro atoms. The van der Waals surface area contributed by atoms with Gasteiger partial charge in [0.25, 0.3) is 0 Å². The topological polar surface area (TPSA) is 0 Å². The Labute approximate surface area is 81.0 Å². The van der Waals surface area contributed by atoms with Crippen LogP contribution in [0.25, 0.3) is 0 Å². The quantitative estimate of drug-likeness (QED) is 0.562. The van der Waals surface area contributed by atoms with E-state index in [1.165, 1.54) is 30.4 Å². The molecular formula is C13H18. The maximum absolute atomic E-state index is 2.38. The average Bonchev–Trinajstić information content (AvgIpc) is 2.07. The van der Waals surface area contributed by atoms with Gasteiger partial charge in [0.15, 0.2) is 0 Å². The van der Waals surface area contributed by atoms with Gasteiger partial charge in [0.2, 0.25) is 0 Å². The van der Waals surface area contributed by atoms with Crippen LogP contribution in [0, 0.1) is 13.8 Å². The summed E-state index contributed by atoms with van der Waals surface area (Å²) in [5.74, 6) is 0.780. The van der Waals surface area contributed by atoms with Crippen LogP contribution in [0.15, 0.2) is 12.1 Å². The fourth-order valence-electron chi connectivity index (χ4n) is 2.55. The van der Waals surface area contributed by atoms with Crippen LogP contribution in [0.1, 0.15) is 47.9 Å². The van der Waals surface area contributed by atoms with Crippen LogP contribution in [0.4, 0.5) is 0 Å². The van der Waals surface area contributed by atoms with Crippen molar-refractivity contribution in [3.05, 3.63) is 34.4 Å². The van der Waals surface area contributed by atoms with E-state index in [0.29, 0.717) is 0 Å². The second-order valence-electron chi connectivity index (χ2n) is 4.44. The number of hydrogen-bond donors (Lipinski definition) is 0. The minimum Gasteiger partial charge on any atom is -0.0584 e. The Morgan fingerprint density at radius 1 is 1.23 bits per heavy atom. The van der Waals surface area contributed by atoms with E-state index in [2.05, 4.69) is 32.9 Å². The van der Waals surface area contributed by atoms with E-state index in [0.717, 1.165) is 5.92 Å². The largest absolute Gasteiger partial charge is 0.0584 e. The fraction of sp³-hybridized carbons (Fsp3) is 0.538. The Balaban J connectivity index is 2.56. The second kappa shape index (κ2) is 3.17. The molecule has 0 saturated carbocycles. The first-order chi connectivity index (χ1) is 6.18. The molecule has 2 rings (SSSR count). The van der Waals surface area contributed by atoms with Crippen LogP contribution in [0.5, 0.6) is 0 Å². The Kier molecular flexibility index (Phi) is 2.15. The molecule has 13 heavy (non-hydrogen) atoms. The molecule has 0 fully saturated rings. The van der Waals surface area contributed by atoms with Gasteiger partial charge in [0.05, 0.1) is 0 Å². The van der Waals surface area contributed by atoms with E-state index in [9.17, 15) is 0 Å². The summed E-state index contributed by atoms with van der Waals surface area (Å²) in [6.45, 7) is 6.81. The molecule has 1 aromatic rings. The molecule has 0 nitrogen and oxygen atoms in total. The molecule has 1 atom stereocenters. The molecule has 0 amide bonds. The normalized spacial score (nSPS) is 21.3. The molecule has 0 aromatic heterocycles. The maximum atomic E-state index is 2.38. The minimum atomic E-state index is 0.780. The van der Waals surface area contributed by atoms with Crippen molar-refractivity contribution < 1.29 is 0 Å². The lowest BCUT2D eigenvalue weighted by Gasteiger charge is -2.24. The lowest BCUT2D eigenvalue weighted by molar-refractivity contribution is 0.587. The third-order valence-electron chi connectivity index (χ3n) is 3.25. The van der Waals surface area contributed by atoms with Crippen molar-refractivity contribution in [3.8, 4) is 0 Å². The molecule has 1 aliphatic rings. The molecule has 0 radical (unpaired) electrons. The molecule has 1 aliphatic carbocycles. The summed E-state index contributed by atoms with van der Waals surface area (Å²) in [5, 5.41) is 0. The monoisotopic (exact) mass is 174 g/mol. The summed E-state index contributed by atoms with van der Waals surface area (Å²) in [6, 6.07) is 4.70. The Morgan fingerprint density at radius 2 is 2.00 bits per heavy atom. The molecule has 70 valence electrons. The van der Waals surface area contributed by atoms with Crippen molar-refractivity contribution in [2.24, 2.45) is 0 Å². The van der Waals surface area contributed by atoms with E-state index >= 15 is 0 Å². The van der Waals surface area contributed by atoms with Crippen molar-refractivity contribution in [2.45, 2.75) is 46.0 Å². The summed E-state index contributed by atoms with van der Waals surface area (Å²) in [7, 11) is 0. The summed E-state index contributed by atoms with van der Waals surface area (Å²) in [5.41, 5.74) is 6.17. The number of benzene rings is 1. The van der Waals surface area contributed by atoms with E-state index in [-0.39, 0.29) is 0 Å². The second-order valence-corrected chi connectivity index (χ2v) is 4.44. The highest BCUT2D eigenvalue weighted by Crippen LogP contribution is 2.33. The summed E-state index contributed by atoms with van der Waals surface area (Å²) in [6.07, 6.45) is 4.04. The van der Waals surface area contributed by atoms with Gasteiger partial charge in [-0.05, 0) is 55.7 Å². The molecule has 0 heterocycles. The average molecular weight is 174 g/mol. The third kappa shape index (κ3) is 1.50. The first kappa shape index (κ1) is 8.80. The van der Waals surface area contributed by atoms with Gasteiger partial charge in [-0.2, -0.15) is 0 Å². The lowest BCUT2D eigenvalue weighted by Crippen LogP contribution is -2.09. The first-order valence-electron chi connectivity index (χ1n) is 5.28. The van der Waals surface area contributed by atoms with Gasteiger partial charge in [0, 0.05) is 0 Å². The Bertz CT molecular complexity index is 323. The lowest BCUT2D eigenvalue weighted by atomic mass is 9.81. The van der Waals surface area contributed by atoms with Gasteiger partial charge in [-0.3, -0.25) is 0 Å². The highest BCUT2D eigenvalue weighted by Gasteiger charge is 2.17. The SMILES string of the molecule is Cc1cc(C)c2c(c1)C(C)CCC2. The van der Waals surface area contributed by atoms with Crippen molar-refractivity contribution in [1.29, 1.82) is 0 Å². The zero-order valence-corrected chi connectivity index (χ0v) is 8.85. The summed E-state index contributed by atoms with van der Waals surface area (Å²) in [4.78, 5) is 0. The summed E-state index contributed by atoms with van der Waals surface area (Å²) < 4.78 is 0. The zero-order valence-electron chi connectivity index (χ0n) is 8.85. The van der Waals surface area contributed by atoms with Crippen LogP contribution in [-0.2, 0) is 6.42 Å². The number of aryl methyl sites for hydroxylation is 2. The minimum absolute atomic E-state index is 0.780. The molecule has 1 aromatic carbocycles. The fourth-order valence-corrected chi connectivity index (χ4v) is 2.55. The Hall–Kier alpha value is -0.780. The van der Waals surface area contributed by atoms with Crippen LogP contribution < -0.4 is 0 Å². The zero-order chi connectivity index (χ0) is 9.42. The predicted molar refractivity (Wildman–Crippen MR) is 57.3 cm³/mol. The van der Waals surface area contributed by atoms with Gasteiger partial charge in [0.1, 0.15) is 0 Å². The number of hydrogen-bond acceptors (Lipinski definition) is 0. The van der Waals surface area contributed by atoms with Crippen LogP contribution in [0.2, 0.25) is 0 Å². The van der Waals surface area contributed by atoms with Gasteiger partial charge in [-0.25, -0.2) is 0 Å². The Morgan fingerprint density at radius 3 is 2.77 bits per heavy atom. The van der Waals surface area contributed by atoms with Crippen LogP contribution >= 0.6 is 0 Å². The smallest absolute Gasteiger partial charge is 0.0187 e. The number of fused-ring (bicyclic) bond motifs is 1. The molecule has 0 heteroatoms. The van der Waals surface area contributed by atoms with E-state index in [4.69, 9.17) is 0 Å². The van der Waals surface area contributed by atoms with Crippen molar-refractivity contribution in [2.75, 3.05) is 0 Å². The van der Waals surface area contributed by atoms with Crippen LogP contribution in [-0.4, -0.2) is 0 Å². The maximum Gasteiger partial charge on any atom is -0.0187 e. The highest BCUT2D eigenvalue weighted by atomic mass is 14.2. The molecule has 0 N–H and O–H groups in total. The standard InChI is InChI=1S/C13H18/c1-9-7-11(3)12-6-4-5-10(2)13(12)8-9/h7-8,10H,4-6H2,1-3H3.